The van der Waals surface area contributed by atoms with Gasteiger partial charge < -0.3 is 19.9 Å². The van der Waals surface area contributed by atoms with Crippen LogP contribution < -0.4 is 5.73 Å². The Morgan fingerprint density at radius 1 is 1.58 bits per heavy atom. The molecule has 3 rings (SSSR count). The van der Waals surface area contributed by atoms with Crippen molar-refractivity contribution in [1.29, 1.82) is 0 Å². The minimum atomic E-state index is -3.96. The van der Waals surface area contributed by atoms with E-state index in [0.717, 1.165) is 0 Å². The number of fused-ring (bicyclic) bond motifs is 1. The number of rotatable bonds is 6. The number of imidazole rings is 1. The Labute approximate surface area is 142 Å². The molecule has 11 nitrogen and oxygen atoms in total. The van der Waals surface area contributed by atoms with Crippen LogP contribution in [0.1, 0.15) is 18.2 Å². The number of hydrogen-bond acceptors (Lipinski definition) is 9. The van der Waals surface area contributed by atoms with Crippen LogP contribution >= 0.6 is 27.7 Å². The van der Waals surface area contributed by atoms with Crippen LogP contribution in [0.3, 0.4) is 0 Å². The van der Waals surface area contributed by atoms with Gasteiger partial charge in [0.05, 0.1) is 24.6 Å². The van der Waals surface area contributed by atoms with Gasteiger partial charge >= 0.3 is 6.80 Å². The van der Waals surface area contributed by atoms with Crippen LogP contribution in [0, 0.1) is 0 Å². The maximum absolute atomic E-state index is 11.2. The highest BCUT2D eigenvalue weighted by atomic mass is 32.7. The fourth-order valence-electron chi connectivity index (χ4n) is 2.51. The molecule has 2 aromatic heterocycles. The monoisotopic (exact) mass is 395 g/mol. The van der Waals surface area contributed by atoms with E-state index in [1.165, 1.54) is 10.8 Å². The lowest BCUT2D eigenvalue weighted by molar-refractivity contribution is -0.0111. The van der Waals surface area contributed by atoms with E-state index in [4.69, 9.17) is 24.4 Å². The van der Waals surface area contributed by atoms with Crippen LogP contribution in [-0.4, -0.2) is 43.3 Å². The van der Waals surface area contributed by atoms with E-state index >= 15 is 0 Å². The summed E-state index contributed by atoms with van der Waals surface area (Å²) in [5.74, 6) is 0.224. The Balaban J connectivity index is 1.82. The molecule has 5 atom stereocenters. The zero-order valence-electron chi connectivity index (χ0n) is 12.1. The highest BCUT2D eigenvalue weighted by Gasteiger charge is 2.39. The normalized spacial score (nSPS) is 27.2. The van der Waals surface area contributed by atoms with Gasteiger partial charge in [-0.1, -0.05) is 12.2 Å². The largest absolute Gasteiger partial charge is 0.383 e. The summed E-state index contributed by atoms with van der Waals surface area (Å²) in [5.41, 5.74) is 6.73. The fraction of sp³-hybridized carbons (Fsp3) is 0.500. The molecule has 0 bridgehead atoms. The molecular formula is C10H15N5O6P2S. The van der Waals surface area contributed by atoms with Crippen molar-refractivity contribution in [3.63, 3.8) is 0 Å². The van der Waals surface area contributed by atoms with Crippen LogP contribution in [0.2, 0.25) is 0 Å². The molecule has 0 amide bonds. The van der Waals surface area contributed by atoms with Crippen molar-refractivity contribution in [3.8, 4) is 0 Å². The third-order valence-electron chi connectivity index (χ3n) is 3.52. The third kappa shape index (κ3) is 3.80. The SMILES string of the molecule is Nc1ncnn2c([C@H]3C[C@H](O[PH2]=O)[C@@H](COP(=O)(O)S)O3)cnc12. The highest BCUT2D eigenvalue weighted by Crippen LogP contribution is 2.48. The van der Waals surface area contributed by atoms with Crippen molar-refractivity contribution in [2.45, 2.75) is 24.7 Å². The molecule has 0 radical (unpaired) electrons. The number of nitrogens with two attached hydrogens (primary N) is 1. The average Bonchev–Trinajstić information content (AvgIpc) is 3.09. The van der Waals surface area contributed by atoms with Crippen molar-refractivity contribution >= 4 is 39.2 Å². The standard InChI is InChI=1S/C10H15N5O6P2S/c11-9-10-12-2-5(15(10)14-4-13-9)6-1-7(21-22-16)8(20-6)3-19-23(17,18)24/h2,4,6-8H,1,3,22H2,(H2,11,13,14)(H2,17,18,24)/t6-,7+,8-/m1/s1. The van der Waals surface area contributed by atoms with Crippen molar-refractivity contribution in [3.05, 3.63) is 18.2 Å². The average molecular weight is 395 g/mol. The van der Waals surface area contributed by atoms with Crippen LogP contribution in [0.5, 0.6) is 0 Å². The minimum absolute atomic E-state index is 0.224. The van der Waals surface area contributed by atoms with Crippen LogP contribution in [0.15, 0.2) is 12.5 Å². The first-order valence-corrected chi connectivity index (χ1v) is 10.4. The molecule has 0 spiro atoms. The number of nitrogen functional groups attached to an aromatic ring is 1. The molecule has 1 fully saturated rings. The van der Waals surface area contributed by atoms with Crippen molar-refractivity contribution in [2.75, 3.05) is 12.3 Å². The number of thiol groups is 1. The van der Waals surface area contributed by atoms with Crippen molar-refractivity contribution in [2.24, 2.45) is 0 Å². The van der Waals surface area contributed by atoms with E-state index in [9.17, 15) is 9.13 Å². The fourth-order valence-corrected chi connectivity index (χ4v) is 3.48. The van der Waals surface area contributed by atoms with Gasteiger partial charge in [-0.15, -0.1) is 0 Å². The zero-order chi connectivity index (χ0) is 17.3. The predicted octanol–water partition coefficient (Wildman–Crippen LogP) is 0.640. The van der Waals surface area contributed by atoms with Gasteiger partial charge in [0.15, 0.2) is 20.2 Å². The molecule has 14 heteroatoms. The summed E-state index contributed by atoms with van der Waals surface area (Å²) >= 11 is 3.44. The molecule has 2 aromatic rings. The van der Waals surface area contributed by atoms with Crippen LogP contribution in [-0.2, 0) is 22.9 Å². The Morgan fingerprint density at radius 2 is 2.38 bits per heavy atom. The number of nitrogens with zero attached hydrogens (tertiary/aromatic N) is 4. The summed E-state index contributed by atoms with van der Waals surface area (Å²) in [4.78, 5) is 17.1. The number of aromatic nitrogens is 4. The van der Waals surface area contributed by atoms with Gasteiger partial charge in [0.2, 0.25) is 0 Å². The van der Waals surface area contributed by atoms with Gasteiger partial charge in [0.1, 0.15) is 18.5 Å². The first-order chi connectivity index (χ1) is 11.4. The maximum Gasteiger partial charge on any atom is 0.383 e. The summed E-state index contributed by atoms with van der Waals surface area (Å²) < 4.78 is 39.3. The van der Waals surface area contributed by atoms with Crippen molar-refractivity contribution in [1.82, 2.24) is 19.6 Å². The van der Waals surface area contributed by atoms with E-state index in [-0.39, 0.29) is 12.4 Å². The van der Waals surface area contributed by atoms with Crippen LogP contribution in [0.4, 0.5) is 5.82 Å². The number of ether oxygens (including phenoxy) is 1. The molecule has 0 aromatic carbocycles. The summed E-state index contributed by atoms with van der Waals surface area (Å²) in [6.45, 7) is -4.19. The quantitative estimate of drug-likeness (QED) is 0.469. The second-order valence-electron chi connectivity index (χ2n) is 5.02. The summed E-state index contributed by atoms with van der Waals surface area (Å²) in [7, 11) is -1.47. The third-order valence-corrected chi connectivity index (χ3v) is 4.82. The smallest absolute Gasteiger partial charge is 0.381 e. The lowest BCUT2D eigenvalue weighted by atomic mass is 10.1. The van der Waals surface area contributed by atoms with E-state index in [1.807, 2.05) is 0 Å². The summed E-state index contributed by atoms with van der Waals surface area (Å²) in [5, 5.41) is 4.09. The Bertz CT molecular complexity index is 799. The molecular weight excluding hydrogens is 380 g/mol. The second kappa shape index (κ2) is 7.09. The molecule has 0 saturated carbocycles. The topological polar surface area (TPSA) is 151 Å². The molecule has 1 aliphatic heterocycles. The van der Waals surface area contributed by atoms with Crippen molar-refractivity contribution < 1.29 is 27.8 Å². The maximum atomic E-state index is 11.2. The molecule has 3 heterocycles. The molecule has 0 aliphatic carbocycles. The number of hydrogen-bond donors (Lipinski definition) is 3. The lowest BCUT2D eigenvalue weighted by Gasteiger charge is -2.17. The molecule has 24 heavy (non-hydrogen) atoms. The molecule has 3 N–H and O–H groups in total. The van der Waals surface area contributed by atoms with E-state index in [1.54, 1.807) is 6.20 Å². The van der Waals surface area contributed by atoms with Gasteiger partial charge in [0, 0.05) is 6.42 Å². The number of anilines is 1. The van der Waals surface area contributed by atoms with Gasteiger partial charge in [-0.3, -0.25) is 9.09 Å². The lowest BCUT2D eigenvalue weighted by Crippen LogP contribution is -2.26. The van der Waals surface area contributed by atoms with Crippen LogP contribution in [0.25, 0.3) is 5.65 Å². The van der Waals surface area contributed by atoms with Gasteiger partial charge in [-0.25, -0.2) is 19.0 Å². The summed E-state index contributed by atoms with van der Waals surface area (Å²) in [6, 6.07) is 0. The van der Waals surface area contributed by atoms with E-state index in [0.29, 0.717) is 17.8 Å². The first kappa shape index (κ1) is 17.8. The van der Waals surface area contributed by atoms with E-state index < -0.39 is 33.8 Å². The summed E-state index contributed by atoms with van der Waals surface area (Å²) in [6.07, 6.45) is 1.45. The molecule has 132 valence electrons. The molecule has 2 unspecified atom stereocenters. The zero-order valence-corrected chi connectivity index (χ0v) is 15.1. The predicted molar refractivity (Wildman–Crippen MR) is 87.5 cm³/mol. The Kier molecular flexibility index (Phi) is 5.26. The molecule has 1 saturated heterocycles. The Hall–Kier alpha value is -1.00. The highest BCUT2D eigenvalue weighted by molar-refractivity contribution is 8.44. The van der Waals surface area contributed by atoms with Gasteiger partial charge in [-0.2, -0.15) is 5.10 Å². The minimum Gasteiger partial charge on any atom is -0.381 e. The van der Waals surface area contributed by atoms with Gasteiger partial charge in [0.25, 0.3) is 0 Å². The first-order valence-electron chi connectivity index (χ1n) is 6.78. The van der Waals surface area contributed by atoms with Gasteiger partial charge in [-0.05, 0) is 0 Å². The molecule has 1 aliphatic rings. The Morgan fingerprint density at radius 3 is 3.08 bits per heavy atom. The van der Waals surface area contributed by atoms with E-state index in [2.05, 4.69) is 27.3 Å². The second-order valence-corrected chi connectivity index (χ2v) is 8.24.